The molecule has 4 heterocycles. The zero-order valence-corrected chi connectivity index (χ0v) is 15.2. The Bertz CT molecular complexity index is 744. The molecule has 0 bridgehead atoms. The Balaban J connectivity index is 1.33. The Morgan fingerprint density at radius 1 is 1.12 bits per heavy atom. The van der Waals surface area contributed by atoms with Gasteiger partial charge in [0.2, 0.25) is 0 Å². The molecule has 0 N–H and O–H groups in total. The average molecular weight is 357 g/mol. The molecule has 0 amide bonds. The minimum absolute atomic E-state index is 0.0426. The van der Waals surface area contributed by atoms with Crippen LogP contribution in [0.2, 0.25) is 0 Å². The molecule has 7 nitrogen and oxygen atoms in total. The van der Waals surface area contributed by atoms with Gasteiger partial charge in [0.1, 0.15) is 0 Å². The van der Waals surface area contributed by atoms with E-state index in [1.165, 1.54) is 19.3 Å². The molecule has 2 fully saturated rings. The van der Waals surface area contributed by atoms with E-state index in [9.17, 15) is 4.79 Å². The van der Waals surface area contributed by atoms with Crippen molar-refractivity contribution in [2.75, 3.05) is 26.2 Å². The number of piperidine rings is 1. The van der Waals surface area contributed by atoms with Gasteiger partial charge in [0, 0.05) is 38.2 Å². The van der Waals surface area contributed by atoms with Crippen LogP contribution in [0.3, 0.4) is 0 Å². The zero-order valence-electron chi connectivity index (χ0n) is 15.2. The molecule has 2 saturated heterocycles. The van der Waals surface area contributed by atoms with E-state index in [1.54, 1.807) is 27.7 Å². The van der Waals surface area contributed by atoms with Crippen LogP contribution in [-0.4, -0.2) is 56.8 Å². The van der Waals surface area contributed by atoms with E-state index in [0.717, 1.165) is 39.1 Å². The predicted octanol–water partition coefficient (Wildman–Crippen LogP) is 1.71. The first kappa shape index (κ1) is 17.4. The fourth-order valence-corrected chi connectivity index (χ4v) is 3.93. The summed E-state index contributed by atoms with van der Waals surface area (Å²) in [5.74, 6) is 1.18. The van der Waals surface area contributed by atoms with Crippen LogP contribution in [0.1, 0.15) is 32.1 Å². The van der Waals surface area contributed by atoms with Crippen LogP contribution in [0, 0.1) is 5.92 Å². The number of nitrogens with zero attached hydrogens (tertiary/aromatic N) is 5. The maximum atomic E-state index is 12.2. The molecule has 7 heteroatoms. The van der Waals surface area contributed by atoms with Gasteiger partial charge in [-0.1, -0.05) is 0 Å². The van der Waals surface area contributed by atoms with Crippen molar-refractivity contribution in [2.45, 2.75) is 44.8 Å². The summed E-state index contributed by atoms with van der Waals surface area (Å²) in [6, 6.07) is 5.15. The summed E-state index contributed by atoms with van der Waals surface area (Å²) >= 11 is 0. The van der Waals surface area contributed by atoms with Crippen LogP contribution >= 0.6 is 0 Å². The molecule has 26 heavy (non-hydrogen) atoms. The third-order valence-corrected chi connectivity index (χ3v) is 5.47. The second kappa shape index (κ2) is 8.14. The summed E-state index contributed by atoms with van der Waals surface area (Å²) in [6.45, 7) is 4.82. The Labute approximate surface area is 153 Å². The molecule has 2 aromatic rings. The minimum atomic E-state index is -0.0426. The summed E-state index contributed by atoms with van der Waals surface area (Å²) < 4.78 is 9.14. The summed E-state index contributed by atoms with van der Waals surface area (Å²) in [7, 11) is 0. The van der Waals surface area contributed by atoms with Gasteiger partial charge in [0.25, 0.3) is 5.56 Å². The van der Waals surface area contributed by atoms with Crippen LogP contribution in [0.25, 0.3) is 5.82 Å². The molecule has 1 atom stereocenters. The van der Waals surface area contributed by atoms with Gasteiger partial charge >= 0.3 is 0 Å². The van der Waals surface area contributed by atoms with Gasteiger partial charge in [-0.05, 0) is 63.2 Å². The van der Waals surface area contributed by atoms with E-state index in [-0.39, 0.29) is 5.56 Å². The van der Waals surface area contributed by atoms with Crippen molar-refractivity contribution in [1.29, 1.82) is 0 Å². The molecule has 0 saturated carbocycles. The van der Waals surface area contributed by atoms with Crippen LogP contribution in [0.5, 0.6) is 0 Å². The maximum Gasteiger partial charge on any atom is 0.266 e. The molecule has 2 aromatic heterocycles. The summed E-state index contributed by atoms with van der Waals surface area (Å²) in [5.41, 5.74) is -0.0426. The van der Waals surface area contributed by atoms with E-state index in [4.69, 9.17) is 4.74 Å². The Morgan fingerprint density at radius 3 is 2.73 bits per heavy atom. The minimum Gasteiger partial charge on any atom is -0.377 e. The lowest BCUT2D eigenvalue weighted by atomic mass is 9.96. The van der Waals surface area contributed by atoms with Crippen molar-refractivity contribution in [2.24, 2.45) is 5.92 Å². The van der Waals surface area contributed by atoms with Gasteiger partial charge in [0.05, 0.1) is 6.10 Å². The third kappa shape index (κ3) is 4.22. The van der Waals surface area contributed by atoms with E-state index < -0.39 is 0 Å². The fraction of sp³-hybridized carbons (Fsp3) is 0.632. The van der Waals surface area contributed by atoms with Gasteiger partial charge in [0.15, 0.2) is 5.82 Å². The van der Waals surface area contributed by atoms with Crippen molar-refractivity contribution in [1.82, 2.24) is 24.5 Å². The van der Waals surface area contributed by atoms with Gasteiger partial charge in [-0.15, -0.1) is 5.10 Å². The average Bonchev–Trinajstić information content (AvgIpc) is 3.21. The van der Waals surface area contributed by atoms with E-state index >= 15 is 0 Å². The molecular formula is C19H27N5O2. The lowest BCUT2D eigenvalue weighted by Crippen LogP contribution is -2.42. The summed E-state index contributed by atoms with van der Waals surface area (Å²) in [5, 5.41) is 8.68. The smallest absolute Gasteiger partial charge is 0.266 e. The van der Waals surface area contributed by atoms with Crippen LogP contribution in [0.15, 0.2) is 35.4 Å². The Kier molecular flexibility index (Phi) is 5.45. The molecule has 0 aliphatic carbocycles. The number of aromatic nitrogens is 4. The molecule has 1 unspecified atom stereocenters. The van der Waals surface area contributed by atoms with E-state index in [1.807, 2.05) is 12.3 Å². The molecule has 2 aliphatic rings. The largest absolute Gasteiger partial charge is 0.377 e. The standard InChI is InChI=1S/C19H27N5O2/c25-19-6-5-18(23-10-3-9-20-23)21-24(19)14-16-7-11-22(12-8-16)15-17-4-1-2-13-26-17/h3,5-6,9-10,16-17H,1-2,4,7-8,11-15H2. The second-order valence-electron chi connectivity index (χ2n) is 7.40. The highest BCUT2D eigenvalue weighted by atomic mass is 16.5. The van der Waals surface area contributed by atoms with Crippen molar-refractivity contribution >= 4 is 0 Å². The van der Waals surface area contributed by atoms with Gasteiger partial charge in [-0.3, -0.25) is 4.79 Å². The fourth-order valence-electron chi connectivity index (χ4n) is 3.93. The van der Waals surface area contributed by atoms with Crippen molar-refractivity contribution in [3.8, 4) is 5.82 Å². The van der Waals surface area contributed by atoms with Crippen LogP contribution < -0.4 is 5.56 Å². The van der Waals surface area contributed by atoms with Crippen LogP contribution in [0.4, 0.5) is 0 Å². The van der Waals surface area contributed by atoms with Crippen molar-refractivity contribution < 1.29 is 4.74 Å². The first-order valence-electron chi connectivity index (χ1n) is 9.70. The summed E-state index contributed by atoms with van der Waals surface area (Å²) in [6.07, 6.45) is 9.86. The molecule has 0 aromatic carbocycles. The molecule has 0 spiro atoms. The molecular weight excluding hydrogens is 330 g/mol. The number of rotatable bonds is 5. The molecule has 2 aliphatic heterocycles. The SMILES string of the molecule is O=c1ccc(-n2cccn2)nn1CC1CCN(CC2CCCCO2)CC1. The van der Waals surface area contributed by atoms with Crippen molar-refractivity contribution in [3.63, 3.8) is 0 Å². The van der Waals surface area contributed by atoms with Crippen LogP contribution in [-0.2, 0) is 11.3 Å². The number of likely N-dealkylation sites (tertiary alicyclic amines) is 1. The zero-order chi connectivity index (χ0) is 17.8. The highest BCUT2D eigenvalue weighted by Crippen LogP contribution is 2.21. The first-order valence-corrected chi connectivity index (χ1v) is 9.70. The van der Waals surface area contributed by atoms with Gasteiger partial charge in [-0.2, -0.15) is 5.10 Å². The number of hydrogen-bond acceptors (Lipinski definition) is 5. The molecule has 0 radical (unpaired) electrons. The van der Waals surface area contributed by atoms with E-state index in [2.05, 4.69) is 15.1 Å². The van der Waals surface area contributed by atoms with Gasteiger partial charge in [-0.25, -0.2) is 9.36 Å². The van der Waals surface area contributed by atoms with E-state index in [0.29, 0.717) is 24.4 Å². The number of ether oxygens (including phenoxy) is 1. The normalized spacial score (nSPS) is 22.5. The predicted molar refractivity (Wildman–Crippen MR) is 98.4 cm³/mol. The topological polar surface area (TPSA) is 65.2 Å². The molecule has 140 valence electrons. The third-order valence-electron chi connectivity index (χ3n) is 5.47. The lowest BCUT2D eigenvalue weighted by molar-refractivity contribution is -0.0118. The Morgan fingerprint density at radius 2 is 2.00 bits per heavy atom. The highest BCUT2D eigenvalue weighted by molar-refractivity contribution is 5.17. The Hall–Kier alpha value is -1.99. The number of hydrogen-bond donors (Lipinski definition) is 0. The first-order chi connectivity index (χ1) is 12.8. The quantitative estimate of drug-likeness (QED) is 0.815. The monoisotopic (exact) mass is 357 g/mol. The second-order valence-corrected chi connectivity index (χ2v) is 7.40. The summed E-state index contributed by atoms with van der Waals surface area (Å²) in [4.78, 5) is 14.7. The molecule has 4 rings (SSSR count). The van der Waals surface area contributed by atoms with Gasteiger partial charge < -0.3 is 9.64 Å². The lowest BCUT2D eigenvalue weighted by Gasteiger charge is -2.35. The highest BCUT2D eigenvalue weighted by Gasteiger charge is 2.24. The van der Waals surface area contributed by atoms with Crippen molar-refractivity contribution in [3.05, 3.63) is 40.9 Å². The maximum absolute atomic E-state index is 12.2.